The molecule has 0 saturated carbocycles. The summed E-state index contributed by atoms with van der Waals surface area (Å²) in [6, 6.07) is 0. The van der Waals surface area contributed by atoms with Gasteiger partial charge in [-0.3, -0.25) is 4.79 Å². The van der Waals surface area contributed by atoms with E-state index in [4.69, 9.17) is 0 Å². The second kappa shape index (κ2) is 5.72. The Morgan fingerprint density at radius 2 is 1.95 bits per heavy atom. The van der Waals surface area contributed by atoms with Gasteiger partial charge in [0, 0.05) is 30.0 Å². The predicted molar refractivity (Wildman–Crippen MR) is 65.9 cm³/mol. The molecule has 5 nitrogen and oxygen atoms in total. The molecule has 0 bridgehead atoms. The third-order valence-electron chi connectivity index (χ3n) is 1.82. The number of aromatic nitrogens is 2. The number of hydrogen-bond acceptors (Lipinski definition) is 5. The zero-order valence-corrected chi connectivity index (χ0v) is 11.6. The van der Waals surface area contributed by atoms with Crippen LogP contribution in [0.3, 0.4) is 0 Å². The molecule has 0 spiro atoms. The number of carbonyl (C=O) groups excluding carboxylic acids is 1. The van der Waals surface area contributed by atoms with Crippen LogP contribution in [0.4, 0.5) is 18.3 Å². The van der Waals surface area contributed by atoms with Gasteiger partial charge in [0.2, 0.25) is 16.9 Å². The minimum Gasteiger partial charge on any atom is -0.360 e. The van der Waals surface area contributed by atoms with Gasteiger partial charge in [-0.15, -0.1) is 0 Å². The number of nitrogens with zero attached hydrogens (tertiary/aromatic N) is 2. The summed E-state index contributed by atoms with van der Waals surface area (Å²) in [7, 11) is 0. The Hall–Kier alpha value is -1.38. The van der Waals surface area contributed by atoms with Crippen LogP contribution in [0.15, 0.2) is 0 Å². The monoisotopic (exact) mass is 296 g/mol. The van der Waals surface area contributed by atoms with Gasteiger partial charge in [0.15, 0.2) is 0 Å². The lowest BCUT2D eigenvalue weighted by atomic mass is 10.1. The van der Waals surface area contributed by atoms with Crippen molar-refractivity contribution in [3.8, 4) is 0 Å². The standard InChI is InChI=1S/C10H15F3N4OS/c1-9(2,3)16-6(18)4-5-14-8-15-7(17-19-8)10(11,12)13/h4-5H2,1-3H3,(H,16,18)(H,14,15,17). The highest BCUT2D eigenvalue weighted by Gasteiger charge is 2.36. The van der Waals surface area contributed by atoms with Crippen molar-refractivity contribution in [1.29, 1.82) is 0 Å². The van der Waals surface area contributed by atoms with Gasteiger partial charge in [0.25, 0.3) is 0 Å². The van der Waals surface area contributed by atoms with Crippen LogP contribution in [-0.4, -0.2) is 27.3 Å². The van der Waals surface area contributed by atoms with Gasteiger partial charge >= 0.3 is 6.18 Å². The van der Waals surface area contributed by atoms with Crippen molar-refractivity contribution in [2.45, 2.75) is 38.9 Å². The molecule has 0 aliphatic heterocycles. The van der Waals surface area contributed by atoms with Crippen LogP contribution in [0.25, 0.3) is 0 Å². The smallest absolute Gasteiger partial charge is 0.360 e. The second-order valence-electron chi connectivity index (χ2n) is 4.90. The molecular formula is C10H15F3N4OS. The maximum Gasteiger partial charge on any atom is 0.452 e. The van der Waals surface area contributed by atoms with E-state index in [1.54, 1.807) is 0 Å². The van der Waals surface area contributed by atoms with Crippen LogP contribution >= 0.6 is 11.5 Å². The molecule has 0 fully saturated rings. The maximum atomic E-state index is 12.2. The van der Waals surface area contributed by atoms with Crippen molar-refractivity contribution in [3.63, 3.8) is 0 Å². The summed E-state index contributed by atoms with van der Waals surface area (Å²) in [4.78, 5) is 14.7. The van der Waals surface area contributed by atoms with E-state index < -0.39 is 12.0 Å². The van der Waals surface area contributed by atoms with Crippen LogP contribution < -0.4 is 10.6 Å². The first-order valence-corrected chi connectivity index (χ1v) is 6.31. The summed E-state index contributed by atoms with van der Waals surface area (Å²) in [6.45, 7) is 5.74. The van der Waals surface area contributed by atoms with Crippen molar-refractivity contribution >= 4 is 22.6 Å². The van der Waals surface area contributed by atoms with Crippen LogP contribution in [0.1, 0.15) is 33.0 Å². The molecule has 108 valence electrons. The van der Waals surface area contributed by atoms with E-state index in [1.807, 2.05) is 20.8 Å². The minimum absolute atomic E-state index is 0.0517. The average Bonchev–Trinajstić information content (AvgIpc) is 2.62. The first kappa shape index (κ1) is 15.7. The van der Waals surface area contributed by atoms with Crippen LogP contribution in [-0.2, 0) is 11.0 Å². The normalized spacial score (nSPS) is 12.3. The summed E-state index contributed by atoms with van der Waals surface area (Å²) in [5.41, 5.74) is -0.330. The lowest BCUT2D eigenvalue weighted by molar-refractivity contribution is -0.144. The fourth-order valence-corrected chi connectivity index (χ4v) is 1.79. The first-order valence-electron chi connectivity index (χ1n) is 5.54. The van der Waals surface area contributed by atoms with Gasteiger partial charge in [0.1, 0.15) is 0 Å². The number of alkyl halides is 3. The van der Waals surface area contributed by atoms with E-state index in [2.05, 4.69) is 20.0 Å². The molecule has 1 aromatic heterocycles. The molecule has 0 atom stereocenters. The molecule has 0 aliphatic rings. The van der Waals surface area contributed by atoms with Crippen molar-refractivity contribution in [3.05, 3.63) is 5.82 Å². The molecule has 19 heavy (non-hydrogen) atoms. The predicted octanol–water partition coefficient (Wildman–Crippen LogP) is 2.27. The Bertz CT molecular complexity index is 439. The number of hydrogen-bond donors (Lipinski definition) is 2. The molecule has 2 N–H and O–H groups in total. The summed E-state index contributed by atoms with van der Waals surface area (Å²) in [6.07, 6.45) is -4.39. The fraction of sp³-hybridized carbons (Fsp3) is 0.700. The number of carbonyl (C=O) groups is 1. The molecule has 9 heteroatoms. The molecule has 1 rings (SSSR count). The van der Waals surface area contributed by atoms with Crippen LogP contribution in [0.2, 0.25) is 0 Å². The fourth-order valence-electron chi connectivity index (χ4n) is 1.17. The largest absolute Gasteiger partial charge is 0.452 e. The van der Waals surface area contributed by atoms with E-state index in [0.29, 0.717) is 11.5 Å². The third kappa shape index (κ3) is 5.86. The van der Waals surface area contributed by atoms with Gasteiger partial charge < -0.3 is 10.6 Å². The summed E-state index contributed by atoms with van der Waals surface area (Å²) in [5, 5.41) is 5.43. The lowest BCUT2D eigenvalue weighted by Gasteiger charge is -2.20. The molecule has 1 aromatic rings. The van der Waals surface area contributed by atoms with Crippen LogP contribution in [0, 0.1) is 0 Å². The SMILES string of the molecule is CC(C)(C)NC(=O)CCNc1nc(C(F)(F)F)ns1. The number of nitrogens with one attached hydrogen (secondary N) is 2. The quantitative estimate of drug-likeness (QED) is 0.894. The lowest BCUT2D eigenvalue weighted by Crippen LogP contribution is -2.41. The number of halogens is 3. The summed E-state index contributed by atoms with van der Waals surface area (Å²) >= 11 is 0.617. The molecule has 0 aromatic carbocycles. The molecule has 0 aliphatic carbocycles. The third-order valence-corrected chi connectivity index (χ3v) is 2.50. The molecule has 0 unspecified atom stereocenters. The highest BCUT2D eigenvalue weighted by molar-refractivity contribution is 7.09. The number of amides is 1. The molecule has 1 heterocycles. The Kier molecular flexibility index (Phi) is 4.72. The summed E-state index contributed by atoms with van der Waals surface area (Å²) < 4.78 is 39.9. The molecule has 1 amide bonds. The van der Waals surface area contributed by atoms with Gasteiger partial charge in [-0.05, 0) is 20.8 Å². The van der Waals surface area contributed by atoms with E-state index in [-0.39, 0.29) is 29.5 Å². The molecule has 0 saturated heterocycles. The van der Waals surface area contributed by atoms with Crippen molar-refractivity contribution in [2.75, 3.05) is 11.9 Å². The highest BCUT2D eigenvalue weighted by atomic mass is 32.1. The average molecular weight is 296 g/mol. The van der Waals surface area contributed by atoms with Crippen LogP contribution in [0.5, 0.6) is 0 Å². The minimum atomic E-state index is -4.54. The van der Waals surface area contributed by atoms with E-state index >= 15 is 0 Å². The zero-order chi connectivity index (χ0) is 14.7. The van der Waals surface area contributed by atoms with Gasteiger partial charge in [0.05, 0.1) is 0 Å². The number of rotatable bonds is 4. The van der Waals surface area contributed by atoms with Crippen molar-refractivity contribution in [2.24, 2.45) is 0 Å². The van der Waals surface area contributed by atoms with Gasteiger partial charge in [-0.1, -0.05) is 0 Å². The molecule has 0 radical (unpaired) electrons. The maximum absolute atomic E-state index is 12.2. The highest BCUT2D eigenvalue weighted by Crippen LogP contribution is 2.28. The first-order chi connectivity index (χ1) is 8.58. The van der Waals surface area contributed by atoms with Crippen molar-refractivity contribution < 1.29 is 18.0 Å². The van der Waals surface area contributed by atoms with Gasteiger partial charge in [-0.25, -0.2) is 0 Å². The van der Waals surface area contributed by atoms with E-state index in [9.17, 15) is 18.0 Å². The zero-order valence-electron chi connectivity index (χ0n) is 10.8. The Balaban J connectivity index is 2.38. The van der Waals surface area contributed by atoms with E-state index in [1.165, 1.54) is 0 Å². The Morgan fingerprint density at radius 1 is 1.32 bits per heavy atom. The van der Waals surface area contributed by atoms with Gasteiger partial charge in [-0.2, -0.15) is 22.5 Å². The second-order valence-corrected chi connectivity index (χ2v) is 5.65. The number of anilines is 1. The Morgan fingerprint density at radius 3 is 2.42 bits per heavy atom. The topological polar surface area (TPSA) is 66.9 Å². The Labute approximate surface area is 112 Å². The summed E-state index contributed by atoms with van der Waals surface area (Å²) in [5.74, 6) is -1.35. The van der Waals surface area contributed by atoms with E-state index in [0.717, 1.165) is 0 Å². The molecular weight excluding hydrogens is 281 g/mol. The van der Waals surface area contributed by atoms with Crippen molar-refractivity contribution in [1.82, 2.24) is 14.7 Å².